The Kier molecular flexibility index (Phi) is 3.23. The molecule has 23 heavy (non-hydrogen) atoms. The van der Waals surface area contributed by atoms with Gasteiger partial charge in [-0.2, -0.15) is 0 Å². The normalized spacial score (nSPS) is 23.7. The summed E-state index contributed by atoms with van der Waals surface area (Å²) in [4.78, 5) is 29.2. The van der Waals surface area contributed by atoms with Crippen molar-refractivity contribution >= 4 is 17.8 Å². The summed E-state index contributed by atoms with van der Waals surface area (Å²) in [7, 11) is 2.95. The maximum absolute atomic E-state index is 13.5. The Morgan fingerprint density at radius 2 is 1.78 bits per heavy atom. The van der Waals surface area contributed by atoms with Gasteiger partial charge in [0.05, 0.1) is 7.05 Å². The zero-order valence-electron chi connectivity index (χ0n) is 13.9. The third-order valence-corrected chi connectivity index (χ3v) is 4.64. The Labute approximate surface area is 133 Å². The number of benzene rings is 1. The van der Waals surface area contributed by atoms with Crippen LogP contribution in [0.4, 0.5) is 4.79 Å². The number of rotatable bonds is 1. The monoisotopic (exact) mass is 315 g/mol. The fourth-order valence-electron chi connectivity index (χ4n) is 3.14. The van der Waals surface area contributed by atoms with E-state index in [1.165, 1.54) is 11.6 Å². The third-order valence-electron chi connectivity index (χ3n) is 4.64. The lowest BCUT2D eigenvalue weighted by Crippen LogP contribution is -2.81. The van der Waals surface area contributed by atoms with Crippen molar-refractivity contribution in [3.8, 4) is 0 Å². The minimum atomic E-state index is -2.22. The molecule has 1 atom stereocenters. The van der Waals surface area contributed by atoms with Crippen LogP contribution < -0.4 is 25.0 Å². The molecule has 0 aromatic heterocycles. The predicted molar refractivity (Wildman–Crippen MR) is 82.4 cm³/mol. The quantitative estimate of drug-likeness (QED) is 0.562. The van der Waals surface area contributed by atoms with Gasteiger partial charge in [-0.15, -0.1) is 0 Å². The van der Waals surface area contributed by atoms with Gasteiger partial charge >= 0.3 is 17.8 Å². The first kappa shape index (κ1) is 15.5. The van der Waals surface area contributed by atoms with E-state index in [9.17, 15) is 14.7 Å². The molecule has 3 amide bonds. The van der Waals surface area contributed by atoms with Crippen molar-refractivity contribution in [2.24, 2.45) is 4.99 Å². The van der Waals surface area contributed by atoms with Crippen LogP contribution in [-0.2, 0) is 4.79 Å². The second-order valence-electron chi connectivity index (χ2n) is 5.95. The molecule has 1 unspecified atom stereocenters. The summed E-state index contributed by atoms with van der Waals surface area (Å²) in [5.41, 5.74) is -0.121. The van der Waals surface area contributed by atoms with Gasteiger partial charge in [0, 0.05) is 18.1 Å². The molecule has 1 aromatic carbocycles. The van der Waals surface area contributed by atoms with E-state index < -0.39 is 17.7 Å². The number of aryl methyl sites for hydroxylation is 2. The molecule has 3 rings (SSSR count). The molecule has 120 valence electrons. The van der Waals surface area contributed by atoms with Crippen LogP contribution in [-0.4, -0.2) is 49.0 Å². The first-order valence-electron chi connectivity index (χ1n) is 7.47. The summed E-state index contributed by atoms with van der Waals surface area (Å²) in [5.74, 6) is -0.867. The largest absolute Gasteiger partial charge is 0.778 e. The molecule has 0 saturated carbocycles. The number of amides is 3. The van der Waals surface area contributed by atoms with E-state index in [0.29, 0.717) is 11.9 Å². The Morgan fingerprint density at radius 3 is 2.35 bits per heavy atom. The smallest absolute Gasteiger partial charge is 0.459 e. The lowest BCUT2D eigenvalue weighted by atomic mass is 10.0. The van der Waals surface area contributed by atoms with Crippen LogP contribution in [0.1, 0.15) is 18.1 Å². The maximum atomic E-state index is 13.5. The maximum Gasteiger partial charge on any atom is 0.459 e. The van der Waals surface area contributed by atoms with Crippen molar-refractivity contribution in [2.45, 2.75) is 26.5 Å². The number of nitrogens with zero attached hydrogens (tertiary/aromatic N) is 4. The van der Waals surface area contributed by atoms with Crippen molar-refractivity contribution < 1.29 is 14.7 Å². The number of fused-ring (bicyclic) bond motifs is 2. The number of hydrogen-bond acceptors (Lipinski definition) is 3. The summed E-state index contributed by atoms with van der Waals surface area (Å²) in [6.45, 7) is 6.08. The first-order chi connectivity index (χ1) is 10.7. The second-order valence-corrected chi connectivity index (χ2v) is 5.95. The van der Waals surface area contributed by atoms with Gasteiger partial charge in [0.2, 0.25) is 5.36 Å². The molecule has 0 spiro atoms. The molecule has 2 aliphatic heterocycles. The molecular formula is C16H19N4O3+. The van der Waals surface area contributed by atoms with Crippen LogP contribution in [0, 0.1) is 13.8 Å². The number of amidine groups is 1. The second kappa shape index (κ2) is 4.79. The molecule has 0 fully saturated rings. The van der Waals surface area contributed by atoms with Crippen molar-refractivity contribution in [3.05, 3.63) is 34.0 Å². The van der Waals surface area contributed by atoms with Crippen LogP contribution in [0.25, 0.3) is 0 Å². The highest BCUT2D eigenvalue weighted by Crippen LogP contribution is 2.16. The molecule has 7 heteroatoms. The van der Waals surface area contributed by atoms with E-state index in [2.05, 4.69) is 4.99 Å². The van der Waals surface area contributed by atoms with Crippen molar-refractivity contribution in [3.63, 3.8) is 0 Å². The standard InChI is InChI=1S/C16H19N4O3/c1-6-20-12-8-10(3)9(2)7-11(12)18(4)13-16(20,23)14(21)19(5)15(22)17-13/h7-8H,6H2,1-5H3/q+1. The van der Waals surface area contributed by atoms with Gasteiger partial charge in [0.15, 0.2) is 5.36 Å². The summed E-state index contributed by atoms with van der Waals surface area (Å²) >= 11 is 0. The number of hydrogen-bond donors (Lipinski definition) is 0. The van der Waals surface area contributed by atoms with Gasteiger partial charge in [-0.25, -0.2) is 18.8 Å². The van der Waals surface area contributed by atoms with Gasteiger partial charge in [0.25, 0.3) is 5.72 Å². The summed E-state index contributed by atoms with van der Waals surface area (Å²) in [6, 6.07) is 3.14. The van der Waals surface area contributed by atoms with E-state index in [0.717, 1.165) is 21.4 Å². The molecule has 0 radical (unpaired) electrons. The molecule has 0 N–H and O–H groups in total. The zero-order chi connectivity index (χ0) is 17.1. The Hall–Kier alpha value is -2.41. The molecule has 0 saturated heterocycles. The van der Waals surface area contributed by atoms with Crippen molar-refractivity contribution in [1.82, 2.24) is 14.1 Å². The Balaban J connectivity index is 2.56. The van der Waals surface area contributed by atoms with Gasteiger partial charge in [-0.3, -0.25) is 4.79 Å². The summed E-state index contributed by atoms with van der Waals surface area (Å²) in [6.07, 6.45) is 0. The number of aliphatic imine (C=N–C) groups is 1. The van der Waals surface area contributed by atoms with E-state index >= 15 is 0 Å². The van der Waals surface area contributed by atoms with Crippen LogP contribution >= 0.6 is 0 Å². The highest BCUT2D eigenvalue weighted by atomic mass is 16.3. The number of imide groups is 1. The van der Waals surface area contributed by atoms with Gasteiger partial charge in [-0.1, -0.05) is 0 Å². The van der Waals surface area contributed by atoms with Crippen LogP contribution in [0.15, 0.2) is 17.1 Å². The van der Waals surface area contributed by atoms with Crippen molar-refractivity contribution in [2.75, 3.05) is 20.6 Å². The summed E-state index contributed by atoms with van der Waals surface area (Å²) in [5, 5.41) is 15.0. The Morgan fingerprint density at radius 1 is 1.22 bits per heavy atom. The first-order valence-corrected chi connectivity index (χ1v) is 7.47. The Bertz CT molecular complexity index is 916. The van der Waals surface area contributed by atoms with Gasteiger partial charge < -0.3 is 5.11 Å². The molecular weight excluding hydrogens is 296 g/mol. The van der Waals surface area contributed by atoms with E-state index in [1.54, 1.807) is 11.6 Å². The van der Waals surface area contributed by atoms with E-state index in [1.807, 2.05) is 32.9 Å². The lowest BCUT2D eigenvalue weighted by molar-refractivity contribution is -0.450. The van der Waals surface area contributed by atoms with Crippen LogP contribution in [0.3, 0.4) is 0 Å². The van der Waals surface area contributed by atoms with Crippen LogP contribution in [0.2, 0.25) is 0 Å². The fourth-order valence-corrected chi connectivity index (χ4v) is 3.14. The number of urea groups is 1. The summed E-state index contributed by atoms with van der Waals surface area (Å²) < 4.78 is 3.04. The lowest BCUT2D eigenvalue weighted by Gasteiger charge is -2.36. The zero-order valence-corrected chi connectivity index (χ0v) is 13.9. The van der Waals surface area contributed by atoms with Gasteiger partial charge in [-0.05, 0) is 38.0 Å². The van der Waals surface area contributed by atoms with E-state index in [4.69, 9.17) is 0 Å². The minimum absolute atomic E-state index is 0.0665. The molecule has 1 aromatic rings. The predicted octanol–water partition coefficient (Wildman–Crippen LogP) is -2.00. The van der Waals surface area contributed by atoms with E-state index in [-0.39, 0.29) is 5.84 Å². The number of carbonyl (C=O) groups excluding carboxylic acids is 2. The fraction of sp³-hybridized carbons (Fsp3) is 0.438. The molecule has 0 aliphatic carbocycles. The number of likely N-dealkylation sites (N-methyl/N-ethyl adjacent to an activating group) is 3. The van der Waals surface area contributed by atoms with Crippen LogP contribution in [0.5, 0.6) is 0 Å². The molecule has 2 aliphatic rings. The average molecular weight is 315 g/mol. The number of carbonyl (C=O) groups is 2. The topological polar surface area (TPSA) is 78.8 Å². The molecule has 2 heterocycles. The van der Waals surface area contributed by atoms with Crippen molar-refractivity contribution in [1.29, 1.82) is 0 Å². The molecule has 7 nitrogen and oxygen atoms in total. The average Bonchev–Trinajstić information content (AvgIpc) is 2.51. The minimum Gasteiger partial charge on any atom is -0.778 e. The highest BCUT2D eigenvalue weighted by Gasteiger charge is 2.58. The van der Waals surface area contributed by atoms with Gasteiger partial charge in [0.1, 0.15) is 6.54 Å². The molecule has 0 bridgehead atoms. The highest BCUT2D eigenvalue weighted by molar-refractivity contribution is 6.20. The third kappa shape index (κ3) is 1.83. The SMILES string of the molecule is CC[N+]1=c2cc(C)c(C)cc2=[N+](C)C2=NC(=O)N(C)C(=O)C21[O-].